The smallest absolute Gasteiger partial charge is 0.134 e. The van der Waals surface area contributed by atoms with Crippen LogP contribution >= 0.6 is 0 Å². The van der Waals surface area contributed by atoms with Crippen LogP contribution in [0.15, 0.2) is 6.07 Å². The van der Waals surface area contributed by atoms with Gasteiger partial charge in [0.1, 0.15) is 5.82 Å². The van der Waals surface area contributed by atoms with Crippen LogP contribution < -0.4 is 4.90 Å². The maximum absolute atomic E-state index is 9.56. The molecule has 18 heavy (non-hydrogen) atoms. The third-order valence-electron chi connectivity index (χ3n) is 4.08. The maximum atomic E-state index is 9.56. The summed E-state index contributed by atoms with van der Waals surface area (Å²) in [5.74, 6) is 2.47. The predicted octanol–water partition coefficient (Wildman–Crippen LogP) is 2.67. The summed E-state index contributed by atoms with van der Waals surface area (Å²) in [4.78, 5) is 6.99. The zero-order chi connectivity index (χ0) is 13.3. The van der Waals surface area contributed by atoms with Gasteiger partial charge in [0.15, 0.2) is 0 Å². The van der Waals surface area contributed by atoms with Gasteiger partial charge in [0.05, 0.1) is 6.61 Å². The average molecular weight is 248 g/mol. The molecule has 3 nitrogen and oxygen atoms in total. The Morgan fingerprint density at radius 2 is 2.17 bits per heavy atom. The SMILES string of the molecule is Cc1cc(C)c(CO)c(N2CCC(C(C)C)C2)n1. The molecular formula is C15H24N2O. The number of aromatic nitrogens is 1. The van der Waals surface area contributed by atoms with Crippen LogP contribution in [0.5, 0.6) is 0 Å². The number of hydrogen-bond donors (Lipinski definition) is 1. The molecule has 1 aliphatic heterocycles. The van der Waals surface area contributed by atoms with Crippen molar-refractivity contribution in [2.75, 3.05) is 18.0 Å². The van der Waals surface area contributed by atoms with E-state index in [1.807, 2.05) is 13.0 Å². The standard InChI is InChI=1S/C15H24N2O/c1-10(2)13-5-6-17(8-13)15-14(9-18)11(3)7-12(4)16-15/h7,10,13,18H,5-6,8-9H2,1-4H3. The summed E-state index contributed by atoms with van der Waals surface area (Å²) in [6.45, 7) is 10.9. The molecular weight excluding hydrogens is 224 g/mol. The molecule has 0 saturated carbocycles. The molecule has 1 saturated heterocycles. The van der Waals surface area contributed by atoms with Gasteiger partial charge in [0.25, 0.3) is 0 Å². The van der Waals surface area contributed by atoms with Crippen LogP contribution in [0.25, 0.3) is 0 Å². The second kappa shape index (κ2) is 5.27. The first kappa shape index (κ1) is 13.3. The molecule has 0 amide bonds. The van der Waals surface area contributed by atoms with Gasteiger partial charge in [0, 0.05) is 24.3 Å². The van der Waals surface area contributed by atoms with Crippen LogP contribution in [0.4, 0.5) is 5.82 Å². The van der Waals surface area contributed by atoms with E-state index in [4.69, 9.17) is 0 Å². The van der Waals surface area contributed by atoms with Gasteiger partial charge in [0.2, 0.25) is 0 Å². The number of aliphatic hydroxyl groups is 1. The van der Waals surface area contributed by atoms with E-state index in [0.717, 1.165) is 47.6 Å². The molecule has 1 aromatic heterocycles. The van der Waals surface area contributed by atoms with Gasteiger partial charge >= 0.3 is 0 Å². The lowest BCUT2D eigenvalue weighted by Gasteiger charge is -2.23. The van der Waals surface area contributed by atoms with E-state index in [9.17, 15) is 5.11 Å². The Balaban J connectivity index is 2.29. The van der Waals surface area contributed by atoms with Crippen molar-refractivity contribution in [3.05, 3.63) is 22.9 Å². The summed E-state index contributed by atoms with van der Waals surface area (Å²) >= 11 is 0. The first-order chi connectivity index (χ1) is 8.52. The Morgan fingerprint density at radius 1 is 1.44 bits per heavy atom. The molecule has 100 valence electrons. The molecule has 1 unspecified atom stereocenters. The second-order valence-corrected chi connectivity index (χ2v) is 5.78. The lowest BCUT2D eigenvalue weighted by Crippen LogP contribution is -2.24. The largest absolute Gasteiger partial charge is 0.392 e. The molecule has 1 N–H and O–H groups in total. The molecule has 1 fully saturated rings. The van der Waals surface area contributed by atoms with Crippen molar-refractivity contribution in [3.63, 3.8) is 0 Å². The van der Waals surface area contributed by atoms with Gasteiger partial charge in [-0.25, -0.2) is 4.98 Å². The van der Waals surface area contributed by atoms with E-state index in [1.54, 1.807) is 0 Å². The quantitative estimate of drug-likeness (QED) is 0.893. The molecule has 0 spiro atoms. The molecule has 0 radical (unpaired) electrons. The second-order valence-electron chi connectivity index (χ2n) is 5.78. The highest BCUT2D eigenvalue weighted by Crippen LogP contribution is 2.30. The topological polar surface area (TPSA) is 36.4 Å². The fourth-order valence-corrected chi connectivity index (χ4v) is 2.82. The zero-order valence-electron chi connectivity index (χ0n) is 11.9. The highest BCUT2D eigenvalue weighted by atomic mass is 16.3. The monoisotopic (exact) mass is 248 g/mol. The molecule has 0 bridgehead atoms. The fraction of sp³-hybridized carbons (Fsp3) is 0.667. The van der Waals surface area contributed by atoms with E-state index in [-0.39, 0.29) is 6.61 Å². The molecule has 3 heteroatoms. The number of aryl methyl sites for hydroxylation is 2. The number of aliphatic hydroxyl groups excluding tert-OH is 1. The van der Waals surface area contributed by atoms with E-state index in [2.05, 4.69) is 30.7 Å². The third-order valence-corrected chi connectivity index (χ3v) is 4.08. The van der Waals surface area contributed by atoms with Gasteiger partial charge in [-0.2, -0.15) is 0 Å². The lowest BCUT2D eigenvalue weighted by molar-refractivity contribution is 0.281. The van der Waals surface area contributed by atoms with Crippen molar-refractivity contribution in [3.8, 4) is 0 Å². The number of hydrogen-bond acceptors (Lipinski definition) is 3. The normalized spacial score (nSPS) is 19.9. The first-order valence-corrected chi connectivity index (χ1v) is 6.85. The predicted molar refractivity (Wildman–Crippen MR) is 74.8 cm³/mol. The number of rotatable bonds is 3. The van der Waals surface area contributed by atoms with Crippen molar-refractivity contribution < 1.29 is 5.11 Å². The summed E-state index contributed by atoms with van der Waals surface area (Å²) < 4.78 is 0. The van der Waals surface area contributed by atoms with Crippen molar-refractivity contribution >= 4 is 5.82 Å². The Hall–Kier alpha value is -1.09. The summed E-state index contributed by atoms with van der Waals surface area (Å²) in [7, 11) is 0. The average Bonchev–Trinajstić information content (AvgIpc) is 2.77. The molecule has 0 aromatic carbocycles. The number of nitrogens with zero attached hydrogens (tertiary/aromatic N) is 2. The van der Waals surface area contributed by atoms with Gasteiger partial charge in [-0.1, -0.05) is 13.8 Å². The van der Waals surface area contributed by atoms with Crippen LogP contribution in [-0.2, 0) is 6.61 Å². The minimum atomic E-state index is 0.0806. The van der Waals surface area contributed by atoms with Gasteiger partial charge < -0.3 is 10.0 Å². The van der Waals surface area contributed by atoms with Gasteiger partial charge in [-0.3, -0.25) is 0 Å². The maximum Gasteiger partial charge on any atom is 0.134 e. The summed E-state index contributed by atoms with van der Waals surface area (Å²) in [5.41, 5.74) is 3.17. The van der Waals surface area contributed by atoms with Crippen LogP contribution in [0, 0.1) is 25.7 Å². The third kappa shape index (κ3) is 2.51. The van der Waals surface area contributed by atoms with Gasteiger partial charge in [-0.15, -0.1) is 0 Å². The molecule has 1 aromatic rings. The van der Waals surface area contributed by atoms with Crippen molar-refractivity contribution in [2.45, 2.75) is 40.7 Å². The lowest BCUT2D eigenvalue weighted by atomic mass is 9.95. The Morgan fingerprint density at radius 3 is 2.72 bits per heavy atom. The molecule has 1 atom stereocenters. The summed E-state index contributed by atoms with van der Waals surface area (Å²) in [6.07, 6.45) is 1.23. The molecule has 2 heterocycles. The minimum absolute atomic E-state index is 0.0806. The summed E-state index contributed by atoms with van der Waals surface area (Å²) in [5, 5.41) is 9.56. The Labute approximate surface area is 110 Å². The minimum Gasteiger partial charge on any atom is -0.392 e. The van der Waals surface area contributed by atoms with Crippen molar-refractivity contribution in [1.29, 1.82) is 0 Å². The Bertz CT molecular complexity index is 429. The molecule has 0 aliphatic carbocycles. The van der Waals surface area contributed by atoms with Crippen LogP contribution in [0.2, 0.25) is 0 Å². The fourth-order valence-electron chi connectivity index (χ4n) is 2.82. The van der Waals surface area contributed by atoms with E-state index in [0.29, 0.717) is 0 Å². The van der Waals surface area contributed by atoms with Crippen molar-refractivity contribution in [2.24, 2.45) is 11.8 Å². The molecule has 1 aliphatic rings. The van der Waals surface area contributed by atoms with Crippen molar-refractivity contribution in [1.82, 2.24) is 4.98 Å². The summed E-state index contributed by atoms with van der Waals surface area (Å²) in [6, 6.07) is 2.05. The highest BCUT2D eigenvalue weighted by Gasteiger charge is 2.27. The van der Waals surface area contributed by atoms with Crippen LogP contribution in [0.3, 0.4) is 0 Å². The van der Waals surface area contributed by atoms with Gasteiger partial charge in [-0.05, 0) is 43.7 Å². The van der Waals surface area contributed by atoms with Crippen LogP contribution in [-0.4, -0.2) is 23.2 Å². The highest BCUT2D eigenvalue weighted by molar-refractivity contribution is 5.52. The van der Waals surface area contributed by atoms with E-state index in [1.165, 1.54) is 6.42 Å². The molecule has 2 rings (SSSR count). The van der Waals surface area contributed by atoms with Crippen LogP contribution in [0.1, 0.15) is 37.1 Å². The van der Waals surface area contributed by atoms with E-state index < -0.39 is 0 Å². The van der Waals surface area contributed by atoms with E-state index >= 15 is 0 Å². The number of anilines is 1. The zero-order valence-corrected chi connectivity index (χ0v) is 11.9. The number of pyridine rings is 1. The first-order valence-electron chi connectivity index (χ1n) is 6.85. The Kier molecular flexibility index (Phi) is 3.91.